The number of unbranched alkanes of at least 4 members (excludes halogenated alkanes) is 1. The minimum Gasteiger partial charge on any atom is -0.396 e. The van der Waals surface area contributed by atoms with E-state index in [9.17, 15) is 5.11 Å². The van der Waals surface area contributed by atoms with Gasteiger partial charge in [-0.15, -0.1) is 0 Å². The van der Waals surface area contributed by atoms with Crippen molar-refractivity contribution in [2.75, 3.05) is 46.1 Å². The van der Waals surface area contributed by atoms with Gasteiger partial charge in [-0.1, -0.05) is 27.2 Å². The summed E-state index contributed by atoms with van der Waals surface area (Å²) in [7, 11) is 0. The summed E-state index contributed by atoms with van der Waals surface area (Å²) in [5.74, 6) is 0. The van der Waals surface area contributed by atoms with Crippen molar-refractivity contribution in [2.45, 2.75) is 39.7 Å². The van der Waals surface area contributed by atoms with Crippen molar-refractivity contribution in [3.05, 3.63) is 0 Å². The van der Waals surface area contributed by atoms with E-state index in [1.54, 1.807) is 0 Å². The molecular formula is C14H31NO4. The molecule has 1 unspecified atom stereocenters. The molecule has 5 heteroatoms. The first kappa shape index (κ1) is 18.8. The van der Waals surface area contributed by atoms with Crippen molar-refractivity contribution >= 4 is 0 Å². The van der Waals surface area contributed by atoms with Crippen LogP contribution in [0.3, 0.4) is 0 Å². The van der Waals surface area contributed by atoms with Gasteiger partial charge in [0.05, 0.1) is 25.9 Å². The van der Waals surface area contributed by atoms with E-state index in [2.05, 4.69) is 12.2 Å². The van der Waals surface area contributed by atoms with E-state index in [1.807, 2.05) is 13.8 Å². The highest BCUT2D eigenvalue weighted by Gasteiger charge is 2.16. The molecule has 0 bridgehead atoms. The summed E-state index contributed by atoms with van der Waals surface area (Å²) in [5, 5.41) is 21.9. The molecule has 0 saturated heterocycles. The van der Waals surface area contributed by atoms with Crippen LogP contribution >= 0.6 is 0 Å². The van der Waals surface area contributed by atoms with Gasteiger partial charge in [-0.3, -0.25) is 0 Å². The van der Waals surface area contributed by atoms with Crippen molar-refractivity contribution in [1.82, 2.24) is 5.32 Å². The molecule has 0 saturated carbocycles. The van der Waals surface area contributed by atoms with Crippen LogP contribution in [0.15, 0.2) is 0 Å². The van der Waals surface area contributed by atoms with Crippen LogP contribution in [0.5, 0.6) is 0 Å². The third kappa shape index (κ3) is 12.6. The Kier molecular flexibility index (Phi) is 11.5. The Hall–Kier alpha value is -0.200. The fourth-order valence-electron chi connectivity index (χ4n) is 1.38. The molecule has 0 heterocycles. The molecule has 1 atom stereocenters. The summed E-state index contributed by atoms with van der Waals surface area (Å²) in [4.78, 5) is 0. The summed E-state index contributed by atoms with van der Waals surface area (Å²) >= 11 is 0. The van der Waals surface area contributed by atoms with Crippen LogP contribution in [0.1, 0.15) is 33.6 Å². The number of hydrogen-bond acceptors (Lipinski definition) is 5. The van der Waals surface area contributed by atoms with Gasteiger partial charge in [-0.05, 0) is 6.42 Å². The standard InChI is InChI=1S/C14H31NO4/c1-4-5-6-18-7-8-19-10-13(17)9-15-11-14(2,3)12-16/h13,15-17H,4-12H2,1-3H3. The van der Waals surface area contributed by atoms with Crippen LogP contribution in [0.2, 0.25) is 0 Å². The fraction of sp³-hybridized carbons (Fsp3) is 1.00. The third-order valence-corrected chi connectivity index (χ3v) is 2.74. The highest BCUT2D eigenvalue weighted by Crippen LogP contribution is 2.10. The lowest BCUT2D eigenvalue weighted by atomic mass is 9.95. The van der Waals surface area contributed by atoms with Crippen LogP contribution in [-0.2, 0) is 9.47 Å². The van der Waals surface area contributed by atoms with E-state index in [4.69, 9.17) is 14.6 Å². The number of aliphatic hydroxyl groups is 2. The molecular weight excluding hydrogens is 246 g/mol. The molecule has 0 aliphatic heterocycles. The Labute approximate surface area is 117 Å². The summed E-state index contributed by atoms with van der Waals surface area (Å²) in [5.41, 5.74) is -0.159. The molecule has 19 heavy (non-hydrogen) atoms. The van der Waals surface area contributed by atoms with E-state index < -0.39 is 6.10 Å². The zero-order valence-electron chi connectivity index (χ0n) is 12.7. The van der Waals surface area contributed by atoms with E-state index in [-0.39, 0.29) is 12.0 Å². The topological polar surface area (TPSA) is 71.0 Å². The maximum atomic E-state index is 9.67. The largest absolute Gasteiger partial charge is 0.396 e. The van der Waals surface area contributed by atoms with Crippen LogP contribution < -0.4 is 5.32 Å². The van der Waals surface area contributed by atoms with Gasteiger partial charge in [0.15, 0.2) is 0 Å². The monoisotopic (exact) mass is 277 g/mol. The van der Waals surface area contributed by atoms with Gasteiger partial charge >= 0.3 is 0 Å². The number of hydrogen-bond donors (Lipinski definition) is 3. The molecule has 3 N–H and O–H groups in total. The van der Waals surface area contributed by atoms with Gasteiger partial charge in [0, 0.05) is 31.7 Å². The highest BCUT2D eigenvalue weighted by molar-refractivity contribution is 4.71. The Morgan fingerprint density at radius 1 is 1.16 bits per heavy atom. The summed E-state index contributed by atoms with van der Waals surface area (Å²) in [6.07, 6.45) is 1.69. The molecule has 0 aliphatic rings. The molecule has 0 aromatic heterocycles. The van der Waals surface area contributed by atoms with E-state index in [0.29, 0.717) is 32.9 Å². The molecule has 0 aliphatic carbocycles. The summed E-state index contributed by atoms with van der Waals surface area (Å²) in [6.45, 7) is 9.52. The minimum absolute atomic E-state index is 0.127. The van der Waals surface area contributed by atoms with Crippen molar-refractivity contribution in [3.8, 4) is 0 Å². The molecule has 0 amide bonds. The van der Waals surface area contributed by atoms with Gasteiger partial charge in [-0.25, -0.2) is 0 Å². The summed E-state index contributed by atoms with van der Waals surface area (Å²) in [6, 6.07) is 0. The Morgan fingerprint density at radius 2 is 1.84 bits per heavy atom. The Balaban J connectivity index is 3.33. The second-order valence-electron chi connectivity index (χ2n) is 5.65. The molecule has 0 rings (SSSR count). The molecule has 0 fully saturated rings. The Morgan fingerprint density at radius 3 is 2.47 bits per heavy atom. The number of rotatable bonds is 13. The summed E-state index contributed by atoms with van der Waals surface area (Å²) < 4.78 is 10.7. The first-order valence-corrected chi connectivity index (χ1v) is 7.17. The van der Waals surface area contributed by atoms with E-state index in [0.717, 1.165) is 19.4 Å². The second-order valence-corrected chi connectivity index (χ2v) is 5.65. The zero-order chi connectivity index (χ0) is 14.6. The molecule has 0 aromatic carbocycles. The maximum absolute atomic E-state index is 9.67. The predicted octanol–water partition coefficient (Wildman–Crippen LogP) is 0.789. The van der Waals surface area contributed by atoms with Crippen LogP contribution in [0.4, 0.5) is 0 Å². The lowest BCUT2D eigenvalue weighted by Crippen LogP contribution is -2.38. The predicted molar refractivity (Wildman–Crippen MR) is 76.3 cm³/mol. The van der Waals surface area contributed by atoms with Crippen molar-refractivity contribution in [3.63, 3.8) is 0 Å². The quantitative estimate of drug-likeness (QED) is 0.434. The van der Waals surface area contributed by atoms with Crippen molar-refractivity contribution in [2.24, 2.45) is 5.41 Å². The smallest absolute Gasteiger partial charge is 0.0897 e. The van der Waals surface area contributed by atoms with E-state index >= 15 is 0 Å². The van der Waals surface area contributed by atoms with Crippen LogP contribution in [0, 0.1) is 5.41 Å². The average molecular weight is 277 g/mol. The van der Waals surface area contributed by atoms with E-state index in [1.165, 1.54) is 0 Å². The second kappa shape index (κ2) is 11.6. The molecule has 5 nitrogen and oxygen atoms in total. The number of ether oxygens (including phenoxy) is 2. The van der Waals surface area contributed by atoms with Crippen molar-refractivity contribution in [1.29, 1.82) is 0 Å². The lowest BCUT2D eigenvalue weighted by Gasteiger charge is -2.23. The highest BCUT2D eigenvalue weighted by atomic mass is 16.5. The third-order valence-electron chi connectivity index (χ3n) is 2.74. The first-order valence-electron chi connectivity index (χ1n) is 7.17. The molecule has 116 valence electrons. The van der Waals surface area contributed by atoms with Crippen molar-refractivity contribution < 1.29 is 19.7 Å². The van der Waals surface area contributed by atoms with Crippen LogP contribution in [0.25, 0.3) is 0 Å². The average Bonchev–Trinajstić information content (AvgIpc) is 2.37. The SMILES string of the molecule is CCCCOCCOCC(O)CNCC(C)(C)CO. The molecule has 0 spiro atoms. The van der Waals surface area contributed by atoms with Gasteiger partial charge in [0.1, 0.15) is 0 Å². The molecule has 0 radical (unpaired) electrons. The van der Waals surface area contributed by atoms with Crippen LogP contribution in [-0.4, -0.2) is 62.4 Å². The van der Waals surface area contributed by atoms with Gasteiger partial charge in [-0.2, -0.15) is 0 Å². The normalized spacial score (nSPS) is 13.7. The fourth-order valence-corrected chi connectivity index (χ4v) is 1.38. The van der Waals surface area contributed by atoms with Gasteiger partial charge in [0.2, 0.25) is 0 Å². The van der Waals surface area contributed by atoms with Gasteiger partial charge in [0.25, 0.3) is 0 Å². The number of nitrogens with one attached hydrogen (secondary N) is 1. The van der Waals surface area contributed by atoms with Gasteiger partial charge < -0.3 is 25.0 Å². The minimum atomic E-state index is -0.523. The zero-order valence-corrected chi connectivity index (χ0v) is 12.7. The maximum Gasteiger partial charge on any atom is 0.0897 e. The number of aliphatic hydroxyl groups excluding tert-OH is 2. The first-order chi connectivity index (χ1) is 9.02. The Bertz CT molecular complexity index is 200. The lowest BCUT2D eigenvalue weighted by molar-refractivity contribution is 0.00302. The molecule has 0 aromatic rings.